The fourth-order valence-electron chi connectivity index (χ4n) is 7.72. The van der Waals surface area contributed by atoms with Crippen molar-refractivity contribution in [2.75, 3.05) is 53.0 Å². The molecule has 4 aliphatic rings. The molecule has 4 heterocycles. The number of likely N-dealkylation sites (tertiary alicyclic amines) is 1. The summed E-state index contributed by atoms with van der Waals surface area (Å²) in [5, 5.41) is 8.14. The molecule has 0 bridgehead atoms. The van der Waals surface area contributed by atoms with E-state index < -0.39 is 17.2 Å². The van der Waals surface area contributed by atoms with Crippen molar-refractivity contribution in [3.05, 3.63) is 29.1 Å². The number of hydrogen-bond donors (Lipinski definition) is 2. The molecule has 0 radical (unpaired) electrons. The Morgan fingerprint density at radius 3 is 2.60 bits per heavy atom. The summed E-state index contributed by atoms with van der Waals surface area (Å²) in [6.07, 6.45) is -1.34. The number of carbonyl (C=O) groups is 1. The molecular formula is C33H49F3N6O3S2. The second kappa shape index (κ2) is 14.7. The Hall–Kier alpha value is -2.29. The van der Waals surface area contributed by atoms with E-state index in [-0.39, 0.29) is 36.6 Å². The van der Waals surface area contributed by atoms with Gasteiger partial charge in [0.1, 0.15) is 6.10 Å². The van der Waals surface area contributed by atoms with Crippen molar-refractivity contribution < 1.29 is 27.4 Å². The van der Waals surface area contributed by atoms with E-state index in [0.717, 1.165) is 38.2 Å². The van der Waals surface area contributed by atoms with E-state index in [9.17, 15) is 18.0 Å². The van der Waals surface area contributed by atoms with E-state index in [4.69, 9.17) is 33.9 Å². The van der Waals surface area contributed by atoms with E-state index >= 15 is 0 Å². The van der Waals surface area contributed by atoms with E-state index in [1.54, 1.807) is 12.0 Å². The number of halogens is 3. The fraction of sp³-hybridized carbons (Fsp3) is 0.758. The Kier molecular flexibility index (Phi) is 11.2. The molecule has 3 aliphatic heterocycles. The van der Waals surface area contributed by atoms with E-state index in [1.165, 1.54) is 0 Å². The largest absolute Gasteiger partial charge is 0.417 e. The molecule has 2 unspecified atom stereocenters. The van der Waals surface area contributed by atoms with Crippen molar-refractivity contribution >= 4 is 40.6 Å². The van der Waals surface area contributed by atoms with Crippen LogP contribution in [0.4, 0.5) is 13.2 Å². The molecule has 1 aliphatic carbocycles. The minimum atomic E-state index is -4.50. The lowest BCUT2D eigenvalue weighted by atomic mass is 9.78. The monoisotopic (exact) mass is 698 g/mol. The molecule has 14 heteroatoms. The molecule has 2 saturated heterocycles. The van der Waals surface area contributed by atoms with E-state index in [0.29, 0.717) is 79.0 Å². The number of nitrogens with one attached hydrogen (secondary N) is 2. The van der Waals surface area contributed by atoms with Gasteiger partial charge in [-0.3, -0.25) is 9.78 Å². The van der Waals surface area contributed by atoms with Crippen LogP contribution in [0.1, 0.15) is 63.8 Å². The molecule has 1 amide bonds. The van der Waals surface area contributed by atoms with Crippen LogP contribution in [0.15, 0.2) is 12.3 Å². The first-order valence-electron chi connectivity index (χ1n) is 16.8. The topological polar surface area (TPSA) is 82.2 Å². The molecule has 2 N–H and O–H groups in total. The van der Waals surface area contributed by atoms with Crippen molar-refractivity contribution in [3.63, 3.8) is 0 Å². The van der Waals surface area contributed by atoms with Gasteiger partial charge in [0, 0.05) is 77.3 Å². The molecule has 5 rings (SSSR count). The van der Waals surface area contributed by atoms with Gasteiger partial charge in [0.05, 0.1) is 23.6 Å². The molecule has 9 nitrogen and oxygen atoms in total. The highest BCUT2D eigenvalue weighted by atomic mass is 32.1. The standard InChI is InChI=1S/C33H49F3N6O3S2/c1-20(2)13-38-30(46)41-17-24-11-25(42(31(47)39-14-21(3)4)27-7-9-45-18-28(27)44-5)12-32(24,19-41)29(43)40-8-6-26-22(16-40)10-23(15-37-26)33(34,35)36/h10,15,20-21,24-25,27-28H,6-9,11-14,16-19H2,1-5H3,(H,38,46)(H,39,47)/t24-,25+,27?,28?,32-/m1/s1. The summed E-state index contributed by atoms with van der Waals surface area (Å²) >= 11 is 11.9. The SMILES string of the molecule is COC1COCCC1N(C(=S)NCC(C)C)[C@H]1C[C@@H]2CN(C(=S)NCC(C)C)C[C@]2(C(=O)N2CCc3ncc(C(F)(F)F)cc3C2)C1. The summed E-state index contributed by atoms with van der Waals surface area (Å²) in [7, 11) is 1.69. The number of alkyl halides is 3. The Morgan fingerprint density at radius 1 is 1.19 bits per heavy atom. The van der Waals surface area contributed by atoms with Gasteiger partial charge < -0.3 is 34.8 Å². The number of rotatable bonds is 8. The second-order valence-corrected chi connectivity index (χ2v) is 15.2. The quantitative estimate of drug-likeness (QED) is 0.385. The third-order valence-corrected chi connectivity index (χ3v) is 10.9. The molecule has 0 aromatic carbocycles. The highest BCUT2D eigenvalue weighted by Gasteiger charge is 2.61. The highest BCUT2D eigenvalue weighted by molar-refractivity contribution is 7.80. The number of methoxy groups -OCH3 is 1. The van der Waals surface area contributed by atoms with Crippen molar-refractivity contribution in [2.45, 2.75) is 84.3 Å². The highest BCUT2D eigenvalue weighted by Crippen LogP contribution is 2.52. The number of ether oxygens (including phenoxy) is 2. The zero-order chi connectivity index (χ0) is 34.1. The maximum Gasteiger partial charge on any atom is 0.417 e. The third kappa shape index (κ3) is 7.80. The number of carbonyl (C=O) groups excluding carboxylic acids is 1. The van der Waals surface area contributed by atoms with Gasteiger partial charge in [0.2, 0.25) is 5.91 Å². The molecular weight excluding hydrogens is 650 g/mol. The summed E-state index contributed by atoms with van der Waals surface area (Å²) in [5.74, 6) is 0.746. The van der Waals surface area contributed by atoms with Crippen LogP contribution in [-0.4, -0.2) is 107 Å². The summed E-state index contributed by atoms with van der Waals surface area (Å²) in [4.78, 5) is 25.1. The third-order valence-electron chi connectivity index (χ3n) is 10.1. The van der Waals surface area contributed by atoms with Gasteiger partial charge in [0.25, 0.3) is 0 Å². The average Bonchev–Trinajstić information content (AvgIpc) is 3.57. The average molecular weight is 699 g/mol. The molecule has 262 valence electrons. The maximum absolute atomic E-state index is 14.9. The molecule has 1 aromatic heterocycles. The minimum absolute atomic E-state index is 0.0175. The maximum atomic E-state index is 14.9. The first kappa shape index (κ1) is 36.0. The van der Waals surface area contributed by atoms with Crippen LogP contribution in [0.3, 0.4) is 0 Å². The van der Waals surface area contributed by atoms with Gasteiger partial charge in [-0.05, 0) is 73.1 Å². The van der Waals surface area contributed by atoms with Crippen LogP contribution < -0.4 is 10.6 Å². The van der Waals surface area contributed by atoms with Gasteiger partial charge in [-0.2, -0.15) is 13.2 Å². The lowest BCUT2D eigenvalue weighted by Gasteiger charge is -2.45. The second-order valence-electron chi connectivity index (χ2n) is 14.4. The van der Waals surface area contributed by atoms with Crippen LogP contribution in [0.25, 0.3) is 0 Å². The zero-order valence-electron chi connectivity index (χ0n) is 28.1. The Morgan fingerprint density at radius 2 is 1.91 bits per heavy atom. The van der Waals surface area contributed by atoms with Crippen LogP contribution >= 0.6 is 24.4 Å². The molecule has 0 spiro atoms. The molecule has 5 atom stereocenters. The van der Waals surface area contributed by atoms with E-state index in [1.807, 2.05) is 0 Å². The number of aromatic nitrogens is 1. The minimum Gasteiger partial charge on any atom is -0.379 e. The number of amides is 1. The molecule has 3 fully saturated rings. The normalized spacial score (nSPS) is 27.5. The van der Waals surface area contributed by atoms with Crippen molar-refractivity contribution in [1.29, 1.82) is 0 Å². The van der Waals surface area contributed by atoms with Crippen LogP contribution in [0.5, 0.6) is 0 Å². The summed E-state index contributed by atoms with van der Waals surface area (Å²) < 4.78 is 52.4. The van der Waals surface area contributed by atoms with Crippen LogP contribution in [0.2, 0.25) is 0 Å². The number of pyridine rings is 1. The fourth-order valence-corrected chi connectivity index (χ4v) is 8.31. The van der Waals surface area contributed by atoms with Gasteiger partial charge in [-0.1, -0.05) is 27.7 Å². The Bertz CT molecular complexity index is 1320. The van der Waals surface area contributed by atoms with Gasteiger partial charge in [0.15, 0.2) is 10.2 Å². The molecule has 1 saturated carbocycles. The van der Waals surface area contributed by atoms with Gasteiger partial charge >= 0.3 is 6.18 Å². The summed E-state index contributed by atoms with van der Waals surface area (Å²) in [5.41, 5.74) is -0.499. The summed E-state index contributed by atoms with van der Waals surface area (Å²) in [6.45, 7) is 12.6. The van der Waals surface area contributed by atoms with Gasteiger partial charge in [-0.25, -0.2) is 0 Å². The van der Waals surface area contributed by atoms with E-state index in [2.05, 4.69) is 53.1 Å². The number of fused-ring (bicyclic) bond motifs is 2. The lowest BCUT2D eigenvalue weighted by Crippen LogP contribution is -2.59. The van der Waals surface area contributed by atoms with Gasteiger partial charge in [-0.15, -0.1) is 0 Å². The predicted octanol–water partition coefficient (Wildman–Crippen LogP) is 4.23. The van der Waals surface area contributed by atoms with Crippen molar-refractivity contribution in [3.8, 4) is 0 Å². The number of hydrogen-bond acceptors (Lipinski definition) is 6. The first-order valence-corrected chi connectivity index (χ1v) is 17.6. The predicted molar refractivity (Wildman–Crippen MR) is 182 cm³/mol. The van der Waals surface area contributed by atoms with Crippen LogP contribution in [0, 0.1) is 23.2 Å². The smallest absolute Gasteiger partial charge is 0.379 e. The molecule has 47 heavy (non-hydrogen) atoms. The lowest BCUT2D eigenvalue weighted by molar-refractivity contribution is -0.144. The van der Waals surface area contributed by atoms with Crippen molar-refractivity contribution in [2.24, 2.45) is 23.2 Å². The summed E-state index contributed by atoms with van der Waals surface area (Å²) in [6, 6.07) is 1.10. The zero-order valence-corrected chi connectivity index (χ0v) is 29.7. The Labute approximate surface area is 287 Å². The number of thiocarbonyl (C=S) groups is 2. The number of nitrogens with zero attached hydrogens (tertiary/aromatic N) is 4. The Balaban J connectivity index is 1.45. The first-order chi connectivity index (χ1) is 22.2. The van der Waals surface area contributed by atoms with Crippen molar-refractivity contribution in [1.82, 2.24) is 30.3 Å². The van der Waals surface area contributed by atoms with Crippen LogP contribution in [-0.2, 0) is 33.4 Å². The molecule has 1 aromatic rings.